The van der Waals surface area contributed by atoms with Crippen LogP contribution >= 0.6 is 0 Å². The normalized spacial score (nSPS) is 22.5. The van der Waals surface area contributed by atoms with Gasteiger partial charge in [0.1, 0.15) is 0 Å². The summed E-state index contributed by atoms with van der Waals surface area (Å²) >= 11 is 0. The summed E-state index contributed by atoms with van der Waals surface area (Å²) in [5.74, 6) is 0. The summed E-state index contributed by atoms with van der Waals surface area (Å²) in [5, 5.41) is 8.73. The Hall–Kier alpha value is -0.120. The lowest BCUT2D eigenvalue weighted by Gasteiger charge is -2.02. The van der Waals surface area contributed by atoms with Crippen LogP contribution in [-0.2, 0) is 9.47 Å². The first-order chi connectivity index (χ1) is 5.74. The topological polar surface area (TPSA) is 42.0 Å². The van der Waals surface area contributed by atoms with E-state index in [0.717, 1.165) is 13.0 Å². The maximum atomic E-state index is 8.73. The minimum atomic E-state index is -0.273. The van der Waals surface area contributed by atoms with Gasteiger partial charge in [-0.05, 0) is 12.8 Å². The molecule has 3 heteroatoms. The van der Waals surface area contributed by atoms with Gasteiger partial charge in [0.2, 0.25) is 0 Å². The number of hydrogen-bond donors (Lipinski definition) is 1. The second kappa shape index (κ2) is 7.53. The molecule has 0 aliphatic carbocycles. The molecule has 0 aromatic carbocycles. The van der Waals surface area contributed by atoms with Crippen LogP contribution in [0.4, 0.5) is 0 Å². The fraction of sp³-hybridized carbons (Fsp3) is 1.00. The van der Waals surface area contributed by atoms with Crippen LogP contribution in [0, 0.1) is 0 Å². The van der Waals surface area contributed by atoms with Crippen LogP contribution in [0.5, 0.6) is 0 Å². The van der Waals surface area contributed by atoms with Gasteiger partial charge >= 0.3 is 0 Å². The van der Waals surface area contributed by atoms with E-state index < -0.39 is 0 Å². The lowest BCUT2D eigenvalue weighted by atomic mass is 10.3. The number of ether oxygens (including phenoxy) is 2. The van der Waals surface area contributed by atoms with Gasteiger partial charge in [0.05, 0.1) is 25.4 Å². The van der Waals surface area contributed by atoms with E-state index in [1.807, 2.05) is 6.92 Å². The Morgan fingerprint density at radius 3 is 2.25 bits per heavy atom. The zero-order chi connectivity index (χ0) is 9.40. The van der Waals surface area contributed by atoms with Crippen molar-refractivity contribution in [2.45, 2.75) is 38.9 Å². The Morgan fingerprint density at radius 2 is 2.17 bits per heavy atom. The fourth-order valence-corrected chi connectivity index (χ4v) is 0.614. The lowest BCUT2D eigenvalue weighted by molar-refractivity contribution is 0.0625. The van der Waals surface area contributed by atoms with Crippen LogP contribution in [0.2, 0.25) is 0 Å². The van der Waals surface area contributed by atoms with E-state index in [9.17, 15) is 0 Å². The quantitative estimate of drug-likeness (QED) is 0.654. The van der Waals surface area contributed by atoms with Gasteiger partial charge in [-0.25, -0.2) is 0 Å². The molecule has 1 N–H and O–H groups in total. The molecule has 1 aliphatic heterocycles. The molecule has 1 saturated heterocycles. The Balaban J connectivity index is 0.000000211. The number of methoxy groups -OCH3 is 1. The molecule has 0 bridgehead atoms. The van der Waals surface area contributed by atoms with Crippen LogP contribution in [0.25, 0.3) is 0 Å². The van der Waals surface area contributed by atoms with Crippen LogP contribution in [0.15, 0.2) is 0 Å². The van der Waals surface area contributed by atoms with Gasteiger partial charge in [-0.1, -0.05) is 13.8 Å². The molecular weight excluding hydrogens is 156 g/mol. The lowest BCUT2D eigenvalue weighted by Crippen LogP contribution is -2.11. The van der Waals surface area contributed by atoms with Crippen LogP contribution in [-0.4, -0.2) is 37.6 Å². The number of rotatable bonds is 4. The highest BCUT2D eigenvalue weighted by Gasteiger charge is 2.18. The minimum absolute atomic E-state index is 0.273. The Kier molecular flexibility index (Phi) is 7.45. The predicted octanol–water partition coefficient (Wildman–Crippen LogP) is 1.20. The molecule has 3 nitrogen and oxygen atoms in total. The molecule has 0 aromatic heterocycles. The zero-order valence-corrected chi connectivity index (χ0v) is 8.25. The Bertz CT molecular complexity index is 91.8. The van der Waals surface area contributed by atoms with Crippen molar-refractivity contribution in [3.05, 3.63) is 0 Å². The van der Waals surface area contributed by atoms with E-state index in [0.29, 0.717) is 12.7 Å². The number of hydrogen-bond acceptors (Lipinski definition) is 3. The summed E-state index contributed by atoms with van der Waals surface area (Å²) in [6.45, 7) is 5.52. The Morgan fingerprint density at radius 1 is 1.58 bits per heavy atom. The number of aliphatic hydroxyl groups is 1. The highest BCUT2D eigenvalue weighted by molar-refractivity contribution is 4.64. The molecule has 1 fully saturated rings. The zero-order valence-electron chi connectivity index (χ0n) is 8.25. The number of aliphatic hydroxyl groups excluding tert-OH is 1. The third-order valence-electron chi connectivity index (χ3n) is 1.69. The van der Waals surface area contributed by atoms with Crippen molar-refractivity contribution >= 4 is 0 Å². The molecule has 1 rings (SSSR count). The highest BCUT2D eigenvalue weighted by Crippen LogP contribution is 2.10. The first-order valence-corrected chi connectivity index (χ1v) is 4.53. The third-order valence-corrected chi connectivity index (χ3v) is 1.69. The largest absolute Gasteiger partial charge is 0.391 e. The average molecular weight is 176 g/mol. The molecule has 0 radical (unpaired) electrons. The molecule has 2 atom stereocenters. The predicted molar refractivity (Wildman–Crippen MR) is 48.2 cm³/mol. The van der Waals surface area contributed by atoms with Crippen LogP contribution in [0.1, 0.15) is 26.7 Å². The van der Waals surface area contributed by atoms with Gasteiger partial charge in [0.25, 0.3) is 0 Å². The van der Waals surface area contributed by atoms with Crippen molar-refractivity contribution < 1.29 is 14.6 Å². The van der Waals surface area contributed by atoms with Gasteiger partial charge in [-0.2, -0.15) is 0 Å². The average Bonchev–Trinajstić information content (AvgIpc) is 2.88. The van der Waals surface area contributed by atoms with E-state index in [2.05, 4.69) is 11.7 Å². The molecule has 74 valence electrons. The van der Waals surface area contributed by atoms with Crippen molar-refractivity contribution in [3.63, 3.8) is 0 Å². The molecule has 12 heavy (non-hydrogen) atoms. The summed E-state index contributed by atoms with van der Waals surface area (Å²) in [6.07, 6.45) is 2.33. The molecular formula is C9H20O3. The smallest absolute Gasteiger partial charge is 0.0807 e. The molecule has 0 unspecified atom stereocenters. The van der Waals surface area contributed by atoms with Gasteiger partial charge in [0, 0.05) is 7.11 Å². The monoisotopic (exact) mass is 176 g/mol. The van der Waals surface area contributed by atoms with Crippen molar-refractivity contribution in [1.29, 1.82) is 0 Å². The summed E-state index contributed by atoms with van der Waals surface area (Å²) in [7, 11) is 1.58. The molecule has 0 amide bonds. The molecule has 0 saturated carbocycles. The van der Waals surface area contributed by atoms with Crippen LogP contribution in [0.3, 0.4) is 0 Å². The van der Waals surface area contributed by atoms with Crippen molar-refractivity contribution in [2.75, 3.05) is 20.3 Å². The van der Waals surface area contributed by atoms with Crippen LogP contribution < -0.4 is 0 Å². The summed E-state index contributed by atoms with van der Waals surface area (Å²) in [5.41, 5.74) is 0. The van der Waals surface area contributed by atoms with Gasteiger partial charge in [-0.15, -0.1) is 0 Å². The van der Waals surface area contributed by atoms with E-state index in [1.165, 1.54) is 6.42 Å². The molecule has 1 aliphatic rings. The minimum Gasteiger partial charge on any atom is -0.391 e. The Labute approximate surface area is 74.7 Å². The van der Waals surface area contributed by atoms with E-state index in [-0.39, 0.29) is 6.10 Å². The van der Waals surface area contributed by atoms with Gasteiger partial charge in [-0.3, -0.25) is 0 Å². The summed E-state index contributed by atoms with van der Waals surface area (Å²) in [6, 6.07) is 0. The first kappa shape index (κ1) is 11.9. The summed E-state index contributed by atoms with van der Waals surface area (Å²) < 4.78 is 9.50. The van der Waals surface area contributed by atoms with Crippen molar-refractivity contribution in [1.82, 2.24) is 0 Å². The van der Waals surface area contributed by atoms with Crippen molar-refractivity contribution in [3.8, 4) is 0 Å². The van der Waals surface area contributed by atoms with E-state index in [4.69, 9.17) is 9.84 Å². The summed E-state index contributed by atoms with van der Waals surface area (Å²) in [4.78, 5) is 0. The van der Waals surface area contributed by atoms with E-state index >= 15 is 0 Å². The SMILES string of the molecule is CC[C@@H](O)COC.CC[C@@H]1CO1. The molecule has 1 heterocycles. The van der Waals surface area contributed by atoms with Gasteiger partial charge < -0.3 is 14.6 Å². The maximum Gasteiger partial charge on any atom is 0.0807 e. The first-order valence-electron chi connectivity index (χ1n) is 4.53. The molecule has 0 spiro atoms. The van der Waals surface area contributed by atoms with Crippen molar-refractivity contribution in [2.24, 2.45) is 0 Å². The second-order valence-corrected chi connectivity index (χ2v) is 2.88. The van der Waals surface area contributed by atoms with Gasteiger partial charge in [0.15, 0.2) is 0 Å². The highest BCUT2D eigenvalue weighted by atomic mass is 16.6. The maximum absolute atomic E-state index is 8.73. The standard InChI is InChI=1S/C5H12O2.C4H8O/c1-3-5(6)4-7-2;1-2-4-3-5-4/h5-6H,3-4H2,1-2H3;4H,2-3H2,1H3/t5-;4-/m11/s1. The van der Waals surface area contributed by atoms with E-state index in [1.54, 1.807) is 7.11 Å². The fourth-order valence-electron chi connectivity index (χ4n) is 0.614. The third kappa shape index (κ3) is 7.98. The second-order valence-electron chi connectivity index (χ2n) is 2.88. The molecule has 0 aromatic rings. The number of epoxide rings is 1.